The minimum Gasteiger partial charge on any atom is -0.489 e. The van der Waals surface area contributed by atoms with Gasteiger partial charge in [-0.3, -0.25) is 14.4 Å². The molecule has 1 N–H and O–H groups in total. The molecule has 1 aromatic rings. The summed E-state index contributed by atoms with van der Waals surface area (Å²) in [6.45, 7) is 3.41. The summed E-state index contributed by atoms with van der Waals surface area (Å²) >= 11 is 0. The van der Waals surface area contributed by atoms with Gasteiger partial charge in [0, 0.05) is 12.5 Å². The van der Waals surface area contributed by atoms with Gasteiger partial charge >= 0.3 is 5.97 Å². The Morgan fingerprint density at radius 2 is 1.72 bits per heavy atom. The first-order valence-corrected chi connectivity index (χ1v) is 10.5. The number of esters is 1. The SMILES string of the molecule is CC(=O)NC12CC3CC(C1)CC(C(=O)OCCOc1ccccc1C(C)=O)(C3)C2. The van der Waals surface area contributed by atoms with Gasteiger partial charge in [-0.25, -0.2) is 0 Å². The zero-order chi connectivity index (χ0) is 20.6. The van der Waals surface area contributed by atoms with Crippen molar-refractivity contribution in [2.45, 2.75) is 57.9 Å². The maximum Gasteiger partial charge on any atom is 0.312 e. The van der Waals surface area contributed by atoms with Crippen LogP contribution < -0.4 is 10.1 Å². The topological polar surface area (TPSA) is 81.7 Å². The van der Waals surface area contributed by atoms with Crippen LogP contribution in [0.4, 0.5) is 0 Å². The Bertz CT molecular complexity index is 818. The maximum atomic E-state index is 13.1. The number of amides is 1. The molecule has 1 amide bonds. The van der Waals surface area contributed by atoms with E-state index >= 15 is 0 Å². The van der Waals surface area contributed by atoms with Crippen LogP contribution in [0.1, 0.15) is 62.7 Å². The van der Waals surface area contributed by atoms with Crippen molar-refractivity contribution in [2.75, 3.05) is 13.2 Å². The lowest BCUT2D eigenvalue weighted by Crippen LogP contribution is -2.64. The van der Waals surface area contributed by atoms with Gasteiger partial charge in [0.15, 0.2) is 5.78 Å². The molecule has 4 aliphatic carbocycles. The van der Waals surface area contributed by atoms with Gasteiger partial charge in [0.05, 0.1) is 11.0 Å². The number of carbonyl (C=O) groups excluding carboxylic acids is 3. The van der Waals surface area contributed by atoms with Crippen molar-refractivity contribution < 1.29 is 23.9 Å². The normalized spacial score (nSPS) is 31.9. The van der Waals surface area contributed by atoms with E-state index in [9.17, 15) is 14.4 Å². The Balaban J connectivity index is 1.37. The van der Waals surface area contributed by atoms with Crippen LogP contribution in [0.25, 0.3) is 0 Å². The molecule has 6 heteroatoms. The average molecular weight is 399 g/mol. The molecular formula is C23H29NO5. The summed E-state index contributed by atoms with van der Waals surface area (Å²) in [5.41, 5.74) is -0.201. The van der Waals surface area contributed by atoms with Gasteiger partial charge in [0.1, 0.15) is 19.0 Å². The smallest absolute Gasteiger partial charge is 0.312 e. The minimum absolute atomic E-state index is 0.0204. The Morgan fingerprint density at radius 3 is 2.38 bits per heavy atom. The van der Waals surface area contributed by atoms with E-state index in [1.54, 1.807) is 25.1 Å². The number of ether oxygens (including phenoxy) is 2. The molecule has 4 saturated carbocycles. The highest BCUT2D eigenvalue weighted by atomic mass is 16.6. The Morgan fingerprint density at radius 1 is 1.03 bits per heavy atom. The molecule has 0 spiro atoms. The minimum atomic E-state index is -0.482. The molecule has 5 rings (SSSR count). The molecule has 0 saturated heterocycles. The molecule has 2 unspecified atom stereocenters. The number of Topliss-reactive ketones (excluding diaryl/α,β-unsaturated/α-hetero) is 1. The van der Waals surface area contributed by atoms with Gasteiger partial charge in [0.25, 0.3) is 0 Å². The largest absolute Gasteiger partial charge is 0.489 e. The Kier molecular flexibility index (Phi) is 5.13. The third kappa shape index (κ3) is 3.89. The summed E-state index contributed by atoms with van der Waals surface area (Å²) in [7, 11) is 0. The third-order valence-electron chi connectivity index (χ3n) is 6.78. The molecule has 4 fully saturated rings. The highest BCUT2D eigenvalue weighted by Crippen LogP contribution is 2.62. The fourth-order valence-corrected chi connectivity index (χ4v) is 6.34. The van der Waals surface area contributed by atoms with Crippen LogP contribution in [-0.2, 0) is 14.3 Å². The van der Waals surface area contributed by atoms with Gasteiger partial charge in [-0.15, -0.1) is 0 Å². The monoisotopic (exact) mass is 399 g/mol. The maximum absolute atomic E-state index is 13.1. The molecule has 1 aromatic carbocycles. The summed E-state index contributed by atoms with van der Waals surface area (Å²) < 4.78 is 11.3. The van der Waals surface area contributed by atoms with Gasteiger partial charge in [-0.2, -0.15) is 0 Å². The molecule has 0 aromatic heterocycles. The number of para-hydroxylation sites is 1. The zero-order valence-electron chi connectivity index (χ0n) is 17.2. The number of rotatable bonds is 7. The van der Waals surface area contributed by atoms with Crippen LogP contribution in [-0.4, -0.2) is 36.4 Å². The van der Waals surface area contributed by atoms with Crippen molar-refractivity contribution in [2.24, 2.45) is 17.3 Å². The molecule has 29 heavy (non-hydrogen) atoms. The second kappa shape index (κ2) is 7.47. The van der Waals surface area contributed by atoms with E-state index in [2.05, 4.69) is 5.32 Å². The molecular weight excluding hydrogens is 370 g/mol. The first-order valence-electron chi connectivity index (χ1n) is 10.5. The van der Waals surface area contributed by atoms with Crippen LogP contribution in [0.2, 0.25) is 0 Å². The molecule has 2 atom stereocenters. The van der Waals surface area contributed by atoms with Gasteiger partial charge in [-0.1, -0.05) is 12.1 Å². The van der Waals surface area contributed by atoms with Crippen LogP contribution in [0, 0.1) is 17.3 Å². The van der Waals surface area contributed by atoms with E-state index in [-0.39, 0.29) is 36.4 Å². The molecule has 0 aliphatic heterocycles. The van der Waals surface area contributed by atoms with Crippen molar-refractivity contribution in [3.8, 4) is 5.75 Å². The van der Waals surface area contributed by atoms with E-state index in [4.69, 9.17) is 9.47 Å². The number of ketones is 1. The second-order valence-electron chi connectivity index (χ2n) is 9.24. The zero-order valence-corrected chi connectivity index (χ0v) is 17.2. The van der Waals surface area contributed by atoms with Crippen LogP contribution >= 0.6 is 0 Å². The fraction of sp³-hybridized carbons (Fsp3) is 0.609. The molecule has 4 bridgehead atoms. The predicted octanol–water partition coefficient (Wildman–Crippen LogP) is 3.29. The summed E-state index contributed by atoms with van der Waals surface area (Å²) in [6.07, 6.45) is 5.50. The highest BCUT2D eigenvalue weighted by Gasteiger charge is 2.61. The number of hydrogen-bond acceptors (Lipinski definition) is 5. The lowest BCUT2D eigenvalue weighted by Gasteiger charge is -2.60. The summed E-state index contributed by atoms with van der Waals surface area (Å²) in [5, 5.41) is 3.17. The number of hydrogen-bond donors (Lipinski definition) is 1. The Labute approximate surface area is 171 Å². The third-order valence-corrected chi connectivity index (χ3v) is 6.78. The highest BCUT2D eigenvalue weighted by molar-refractivity contribution is 5.96. The molecule has 0 radical (unpaired) electrons. The van der Waals surface area contributed by atoms with E-state index in [1.807, 2.05) is 6.07 Å². The summed E-state index contributed by atoms with van der Waals surface area (Å²) in [6, 6.07) is 7.07. The first-order chi connectivity index (χ1) is 13.8. The first kappa shape index (κ1) is 19.9. The van der Waals surface area contributed by atoms with Gasteiger partial charge in [-0.05, 0) is 69.4 Å². The van der Waals surface area contributed by atoms with Crippen molar-refractivity contribution in [3.63, 3.8) is 0 Å². The molecule has 0 heterocycles. The van der Waals surface area contributed by atoms with Crippen molar-refractivity contribution in [1.29, 1.82) is 0 Å². The second-order valence-corrected chi connectivity index (χ2v) is 9.24. The van der Waals surface area contributed by atoms with E-state index < -0.39 is 5.41 Å². The number of benzene rings is 1. The standard InChI is InChI=1S/C23H29NO5/c1-15(25)19-5-3-4-6-20(19)28-7-8-29-21(27)22-10-17-9-18(11-22)13-23(12-17,14-22)24-16(2)26/h3-6,17-18H,7-14H2,1-2H3,(H,24,26). The lowest BCUT2D eigenvalue weighted by molar-refractivity contribution is -0.176. The quantitative estimate of drug-likeness (QED) is 0.432. The van der Waals surface area contributed by atoms with Crippen LogP contribution in [0.5, 0.6) is 5.75 Å². The summed E-state index contributed by atoms with van der Waals surface area (Å²) in [5.74, 6) is 1.23. The van der Waals surface area contributed by atoms with E-state index in [0.29, 0.717) is 29.6 Å². The van der Waals surface area contributed by atoms with E-state index in [1.165, 1.54) is 6.92 Å². The fourth-order valence-electron chi connectivity index (χ4n) is 6.34. The van der Waals surface area contributed by atoms with Crippen LogP contribution in [0.3, 0.4) is 0 Å². The molecule has 4 aliphatic rings. The van der Waals surface area contributed by atoms with Gasteiger partial charge < -0.3 is 14.8 Å². The summed E-state index contributed by atoms with van der Waals surface area (Å²) in [4.78, 5) is 36.5. The van der Waals surface area contributed by atoms with Crippen molar-refractivity contribution >= 4 is 17.7 Å². The van der Waals surface area contributed by atoms with Crippen molar-refractivity contribution in [3.05, 3.63) is 29.8 Å². The number of carbonyl (C=O) groups is 3. The predicted molar refractivity (Wildman–Crippen MR) is 107 cm³/mol. The van der Waals surface area contributed by atoms with E-state index in [0.717, 1.165) is 32.1 Å². The number of nitrogens with one attached hydrogen (secondary N) is 1. The molecule has 6 nitrogen and oxygen atoms in total. The lowest BCUT2D eigenvalue weighted by atomic mass is 9.47. The van der Waals surface area contributed by atoms with Crippen LogP contribution in [0.15, 0.2) is 24.3 Å². The van der Waals surface area contributed by atoms with Crippen molar-refractivity contribution in [1.82, 2.24) is 5.32 Å². The Hall–Kier alpha value is -2.37. The van der Waals surface area contributed by atoms with Gasteiger partial charge in [0.2, 0.25) is 5.91 Å². The average Bonchev–Trinajstić information content (AvgIpc) is 2.63. The molecule has 156 valence electrons.